The number of pyridine rings is 3. The molecule has 298 valence electrons. The molecule has 5 aromatic heterocycles. The summed E-state index contributed by atoms with van der Waals surface area (Å²) in [5.41, 5.74) is 5.47. The fourth-order valence-electron chi connectivity index (χ4n) is 6.50. The van der Waals surface area contributed by atoms with Crippen LogP contribution in [-0.4, -0.2) is 48.8 Å². The Hall–Kier alpha value is -4.63. The Labute approximate surface area is 376 Å². The first-order valence-electron chi connectivity index (χ1n) is 17.3. The van der Waals surface area contributed by atoms with Gasteiger partial charge in [0.05, 0.1) is 20.6 Å². The van der Waals surface area contributed by atoms with E-state index in [0.29, 0.717) is 105 Å². The van der Waals surface area contributed by atoms with E-state index in [2.05, 4.69) is 100 Å². The molecule has 0 radical (unpaired) electrons. The first kappa shape index (κ1) is 41.1. The molecule has 8 heterocycles. The largest absolute Gasteiger partial charge is 0.506 e. The van der Waals surface area contributed by atoms with Crippen molar-refractivity contribution in [1.82, 2.24) is 34.1 Å². The minimum absolute atomic E-state index is 0.0464. The Morgan fingerprint density at radius 1 is 0.661 bits per heavy atom. The molecular formula is C40H24Br3ClF3IN8O3. The number of para-hydroxylation sites is 3. The van der Waals surface area contributed by atoms with Crippen LogP contribution in [0, 0.1) is 17.5 Å². The molecule has 11 rings (SSSR count). The number of alkyl halides is 2. The van der Waals surface area contributed by atoms with Gasteiger partial charge in [0.2, 0.25) is 0 Å². The van der Waals surface area contributed by atoms with Gasteiger partial charge in [0.1, 0.15) is 65.0 Å². The van der Waals surface area contributed by atoms with Gasteiger partial charge >= 0.3 is 0 Å². The second kappa shape index (κ2) is 17.5. The van der Waals surface area contributed by atoms with E-state index in [0.717, 1.165) is 5.56 Å². The molecule has 3 aliphatic rings. The summed E-state index contributed by atoms with van der Waals surface area (Å²) in [6, 6.07) is 25.0. The topological polar surface area (TPSA) is 125 Å². The normalized spacial score (nSPS) is 12.7. The van der Waals surface area contributed by atoms with E-state index in [1.165, 1.54) is 24.3 Å². The molecule has 11 nitrogen and oxygen atoms in total. The lowest BCUT2D eigenvalue weighted by molar-refractivity contribution is 0.232. The van der Waals surface area contributed by atoms with Gasteiger partial charge in [0, 0.05) is 6.42 Å². The number of aromatic nitrogens is 7. The molecule has 0 spiro atoms. The highest BCUT2D eigenvalue weighted by Gasteiger charge is 2.26. The lowest BCUT2D eigenvalue weighted by atomic mass is 10.1. The van der Waals surface area contributed by atoms with Crippen LogP contribution in [0.15, 0.2) is 110 Å². The Bertz CT molecular complexity index is 2910. The standard InChI is InChI=1S/2C13H7BrFN3O.C13H8BrFN2O.CH2ClI/c14-10-5-4-9-11(17-10)13-16-8-3-1-2-7(15)12(8)18(13)6-19-9;14-10-5-4-9-12(16-10)13-17-11-7(15)2-1-3-8(11)18(13)6-19-9;14-11-5-4-10(18)13(17-11)9-6-7-2-1-3-8(15)12(7)16-9;2-1-3/h2*1-5H,6H2;1-5,18H,6H2;1H2. The number of hydrogen-bond donors (Lipinski definition) is 1. The van der Waals surface area contributed by atoms with Crippen LogP contribution in [0.4, 0.5) is 18.9 Å². The molecule has 0 bridgehead atoms. The van der Waals surface area contributed by atoms with Crippen molar-refractivity contribution in [3.05, 3.63) is 134 Å². The fourth-order valence-corrected chi connectivity index (χ4v) is 7.43. The lowest BCUT2D eigenvalue weighted by Crippen LogP contribution is -2.14. The van der Waals surface area contributed by atoms with E-state index in [1.807, 2.05) is 28.8 Å². The maximum Gasteiger partial charge on any atom is 0.167 e. The number of imidazole rings is 2. The van der Waals surface area contributed by atoms with Crippen LogP contribution >= 0.6 is 82.0 Å². The molecule has 0 fully saturated rings. The van der Waals surface area contributed by atoms with Crippen LogP contribution in [0.1, 0.15) is 11.3 Å². The van der Waals surface area contributed by atoms with Gasteiger partial charge in [0.15, 0.2) is 42.4 Å². The zero-order chi connectivity index (χ0) is 41.4. The lowest BCUT2D eigenvalue weighted by Gasteiger charge is -2.18. The third kappa shape index (κ3) is 8.29. The maximum atomic E-state index is 13.9. The molecule has 1 N–H and O–H groups in total. The first-order valence-corrected chi connectivity index (χ1v) is 21.7. The average molecular weight is 1120 g/mol. The second-order valence-corrected chi connectivity index (χ2v) is 16.9. The van der Waals surface area contributed by atoms with E-state index >= 15 is 0 Å². The SMILES string of the molecule is ClCI.Fc1cccc2c1nc1n2COc2ccc(Br)nc2-1.Fc1cccc2nc3n(c12)COc1ccc(Br)nc1-3.Oc1ccc(Br)nc1C1=Nc2c(F)cccc2C1. The quantitative estimate of drug-likeness (QED) is 0.0979. The smallest absolute Gasteiger partial charge is 0.167 e. The number of ether oxygens (including phenoxy) is 2. The van der Waals surface area contributed by atoms with Crippen molar-refractivity contribution in [1.29, 1.82) is 0 Å². The van der Waals surface area contributed by atoms with Gasteiger partial charge < -0.3 is 14.6 Å². The minimum atomic E-state index is -0.350. The summed E-state index contributed by atoms with van der Waals surface area (Å²) >= 11 is 16.9. The summed E-state index contributed by atoms with van der Waals surface area (Å²) in [5, 5.41) is 9.79. The molecule has 0 atom stereocenters. The van der Waals surface area contributed by atoms with Crippen LogP contribution in [-0.2, 0) is 19.9 Å². The van der Waals surface area contributed by atoms with E-state index in [1.54, 1.807) is 47.0 Å². The molecule has 3 aliphatic heterocycles. The van der Waals surface area contributed by atoms with Crippen molar-refractivity contribution in [2.75, 3.05) is 3.89 Å². The van der Waals surface area contributed by atoms with Crippen molar-refractivity contribution < 1.29 is 27.8 Å². The number of benzene rings is 3. The molecule has 0 amide bonds. The Morgan fingerprint density at radius 3 is 1.90 bits per heavy atom. The van der Waals surface area contributed by atoms with Crippen LogP contribution in [0.5, 0.6) is 17.2 Å². The number of nitrogens with zero attached hydrogens (tertiary/aromatic N) is 8. The molecular weight excluding hydrogens is 1100 g/mol. The van der Waals surface area contributed by atoms with Gasteiger partial charge in [-0.3, -0.25) is 9.13 Å². The highest BCUT2D eigenvalue weighted by molar-refractivity contribution is 14.1. The zero-order valence-corrected chi connectivity index (χ0v) is 37.5. The number of fused-ring (bicyclic) bond motifs is 11. The highest BCUT2D eigenvalue weighted by Crippen LogP contribution is 2.38. The molecule has 19 heteroatoms. The van der Waals surface area contributed by atoms with Crippen molar-refractivity contribution in [2.45, 2.75) is 19.9 Å². The van der Waals surface area contributed by atoms with E-state index in [-0.39, 0.29) is 29.9 Å². The average Bonchev–Trinajstić information content (AvgIpc) is 3.95. The predicted molar refractivity (Wildman–Crippen MR) is 237 cm³/mol. The fraction of sp³-hybridized carbons (Fsp3) is 0.100. The summed E-state index contributed by atoms with van der Waals surface area (Å²) in [7, 11) is 0. The van der Waals surface area contributed by atoms with Crippen molar-refractivity contribution >= 4 is 115 Å². The minimum Gasteiger partial charge on any atom is -0.506 e. The number of rotatable bonds is 1. The van der Waals surface area contributed by atoms with Gasteiger partial charge in [0.25, 0.3) is 0 Å². The van der Waals surface area contributed by atoms with Gasteiger partial charge in [-0.2, -0.15) is 0 Å². The van der Waals surface area contributed by atoms with E-state index in [9.17, 15) is 18.3 Å². The molecule has 59 heavy (non-hydrogen) atoms. The number of aliphatic imine (C=N–C) groups is 1. The van der Waals surface area contributed by atoms with Crippen LogP contribution in [0.3, 0.4) is 0 Å². The highest BCUT2D eigenvalue weighted by atomic mass is 127. The monoisotopic (exact) mass is 1120 g/mol. The van der Waals surface area contributed by atoms with Crippen LogP contribution in [0.2, 0.25) is 0 Å². The zero-order valence-electron chi connectivity index (χ0n) is 29.9. The number of hydrogen-bond acceptors (Lipinski definition) is 9. The predicted octanol–water partition coefficient (Wildman–Crippen LogP) is 11.7. The summed E-state index contributed by atoms with van der Waals surface area (Å²) in [5.74, 6) is 1.62. The maximum absolute atomic E-state index is 13.9. The molecule has 3 aromatic carbocycles. The summed E-state index contributed by atoms with van der Waals surface area (Å²) in [4.78, 5) is 26.0. The summed E-state index contributed by atoms with van der Waals surface area (Å²) < 4.78 is 58.7. The Balaban J connectivity index is 0.000000119. The summed E-state index contributed by atoms with van der Waals surface area (Å²) in [6.07, 6.45) is 0.476. The molecule has 0 saturated heterocycles. The van der Waals surface area contributed by atoms with Crippen LogP contribution < -0.4 is 9.47 Å². The third-order valence-electron chi connectivity index (χ3n) is 9.01. The van der Waals surface area contributed by atoms with Gasteiger partial charge in [-0.1, -0.05) is 46.9 Å². The first-order chi connectivity index (χ1) is 28.5. The van der Waals surface area contributed by atoms with E-state index < -0.39 is 0 Å². The van der Waals surface area contributed by atoms with Gasteiger partial charge in [-0.15, -0.1) is 11.6 Å². The third-order valence-corrected chi connectivity index (χ3v) is 10.3. The summed E-state index contributed by atoms with van der Waals surface area (Å²) in [6.45, 7) is 0.550. The van der Waals surface area contributed by atoms with Gasteiger partial charge in [-0.25, -0.2) is 43.1 Å². The second-order valence-electron chi connectivity index (χ2n) is 12.5. The van der Waals surface area contributed by atoms with Crippen molar-refractivity contribution in [3.63, 3.8) is 0 Å². The Morgan fingerprint density at radius 2 is 1.22 bits per heavy atom. The van der Waals surface area contributed by atoms with E-state index in [4.69, 9.17) is 21.1 Å². The molecule has 0 unspecified atom stereocenters. The van der Waals surface area contributed by atoms with Gasteiger partial charge in [-0.05, 0) is 120 Å². The molecule has 0 aliphatic carbocycles. The van der Waals surface area contributed by atoms with Crippen molar-refractivity contribution in [3.8, 4) is 40.3 Å². The van der Waals surface area contributed by atoms with Crippen LogP contribution in [0.25, 0.3) is 45.1 Å². The number of aromatic hydroxyl groups is 1. The number of halogens is 8. The Kier molecular flexibility index (Phi) is 12.2. The van der Waals surface area contributed by atoms with Crippen molar-refractivity contribution in [2.24, 2.45) is 4.99 Å². The molecule has 8 aromatic rings. The molecule has 0 saturated carbocycles.